The van der Waals surface area contributed by atoms with E-state index in [2.05, 4.69) is 10.6 Å². The average Bonchev–Trinajstić information content (AvgIpc) is 2.51. The maximum absolute atomic E-state index is 14.1. The van der Waals surface area contributed by atoms with Gasteiger partial charge in [0, 0.05) is 18.7 Å². The summed E-state index contributed by atoms with van der Waals surface area (Å²) in [5, 5.41) is 15.5. The molecule has 2 amide bonds. The van der Waals surface area contributed by atoms with Crippen LogP contribution in [0.4, 0.5) is 10.1 Å². The number of carbonyl (C=O) groups excluding carboxylic acids is 2. The molecule has 0 saturated carbocycles. The van der Waals surface area contributed by atoms with Crippen LogP contribution < -0.4 is 10.6 Å². The van der Waals surface area contributed by atoms with Crippen molar-refractivity contribution in [3.63, 3.8) is 0 Å². The Hall–Kier alpha value is -1.95. The van der Waals surface area contributed by atoms with Crippen molar-refractivity contribution in [3.05, 3.63) is 29.1 Å². The second kappa shape index (κ2) is 6.66. The monoisotopic (exact) mass is 322 g/mol. The lowest BCUT2D eigenvalue weighted by Crippen LogP contribution is -2.45. The molecule has 1 aromatic carbocycles. The van der Waals surface area contributed by atoms with Crippen molar-refractivity contribution in [3.8, 4) is 0 Å². The Balaban J connectivity index is 2.13. The van der Waals surface area contributed by atoms with E-state index < -0.39 is 17.3 Å². The molecule has 126 valence electrons. The zero-order valence-electron chi connectivity index (χ0n) is 13.7. The number of hydrogen-bond donors (Lipinski definition) is 3. The van der Waals surface area contributed by atoms with E-state index >= 15 is 0 Å². The van der Waals surface area contributed by atoms with Gasteiger partial charge in [-0.15, -0.1) is 0 Å². The number of aryl methyl sites for hydroxylation is 1. The summed E-state index contributed by atoms with van der Waals surface area (Å²) in [6.45, 7) is 5.56. The van der Waals surface area contributed by atoms with E-state index in [1.165, 1.54) is 12.1 Å². The predicted molar refractivity (Wildman–Crippen MR) is 85.8 cm³/mol. The molecule has 0 spiro atoms. The van der Waals surface area contributed by atoms with Crippen molar-refractivity contribution in [1.82, 2.24) is 5.32 Å². The summed E-state index contributed by atoms with van der Waals surface area (Å²) < 4.78 is 14.1. The number of fused-ring (bicyclic) bond motifs is 1. The van der Waals surface area contributed by atoms with E-state index in [9.17, 15) is 19.1 Å². The zero-order valence-corrected chi connectivity index (χ0v) is 13.7. The number of hydrogen-bond acceptors (Lipinski definition) is 3. The first kappa shape index (κ1) is 17.4. The maximum Gasteiger partial charge on any atom is 0.254 e. The van der Waals surface area contributed by atoms with Crippen molar-refractivity contribution in [2.45, 2.75) is 45.6 Å². The fourth-order valence-electron chi connectivity index (χ4n) is 2.54. The van der Waals surface area contributed by atoms with Crippen molar-refractivity contribution in [1.29, 1.82) is 0 Å². The third-order valence-electron chi connectivity index (χ3n) is 4.61. The van der Waals surface area contributed by atoms with Gasteiger partial charge in [-0.1, -0.05) is 20.3 Å². The number of nitrogens with one attached hydrogen (secondary N) is 2. The molecule has 23 heavy (non-hydrogen) atoms. The highest BCUT2D eigenvalue weighted by molar-refractivity contribution is 5.98. The highest BCUT2D eigenvalue weighted by Crippen LogP contribution is 2.26. The molecule has 5 nitrogen and oxygen atoms in total. The fraction of sp³-hybridized carbons (Fsp3) is 0.529. The number of amides is 2. The van der Waals surface area contributed by atoms with Crippen LogP contribution in [0.25, 0.3) is 0 Å². The largest absolute Gasteiger partial charge is 0.388 e. The lowest BCUT2D eigenvalue weighted by atomic mass is 9.88. The van der Waals surface area contributed by atoms with Gasteiger partial charge in [0.15, 0.2) is 0 Å². The fourth-order valence-corrected chi connectivity index (χ4v) is 2.54. The maximum atomic E-state index is 14.1. The molecule has 1 aliphatic heterocycles. The van der Waals surface area contributed by atoms with Gasteiger partial charge in [0.2, 0.25) is 5.91 Å². The van der Waals surface area contributed by atoms with Crippen molar-refractivity contribution < 1.29 is 19.1 Å². The van der Waals surface area contributed by atoms with Crippen LogP contribution in [0.15, 0.2) is 12.1 Å². The third kappa shape index (κ3) is 3.88. The first-order valence-corrected chi connectivity index (χ1v) is 7.87. The minimum atomic E-state index is -1.05. The summed E-state index contributed by atoms with van der Waals surface area (Å²) in [4.78, 5) is 23.5. The highest BCUT2D eigenvalue weighted by atomic mass is 19.1. The molecule has 2 unspecified atom stereocenters. The number of halogens is 1. The average molecular weight is 322 g/mol. The summed E-state index contributed by atoms with van der Waals surface area (Å²) in [7, 11) is 0. The topological polar surface area (TPSA) is 78.4 Å². The van der Waals surface area contributed by atoms with Gasteiger partial charge < -0.3 is 15.7 Å². The molecule has 0 radical (unpaired) electrons. The minimum Gasteiger partial charge on any atom is -0.388 e. The Bertz CT molecular complexity index is 629. The quantitative estimate of drug-likeness (QED) is 0.778. The van der Waals surface area contributed by atoms with Crippen LogP contribution in [0, 0.1) is 11.7 Å². The molecule has 1 aliphatic rings. The van der Waals surface area contributed by atoms with E-state index in [0.29, 0.717) is 18.5 Å². The van der Waals surface area contributed by atoms with Gasteiger partial charge in [-0.05, 0) is 37.0 Å². The van der Waals surface area contributed by atoms with Gasteiger partial charge in [0.1, 0.15) is 5.82 Å². The third-order valence-corrected chi connectivity index (χ3v) is 4.61. The summed E-state index contributed by atoms with van der Waals surface area (Å²) in [6, 6.07) is 2.64. The second-order valence-electron chi connectivity index (χ2n) is 6.39. The summed E-state index contributed by atoms with van der Waals surface area (Å²) >= 11 is 0. The van der Waals surface area contributed by atoms with Crippen molar-refractivity contribution >= 4 is 17.5 Å². The van der Waals surface area contributed by atoms with Crippen molar-refractivity contribution in [2.24, 2.45) is 5.92 Å². The van der Waals surface area contributed by atoms with Gasteiger partial charge in [-0.25, -0.2) is 4.39 Å². The van der Waals surface area contributed by atoms with E-state index in [-0.39, 0.29) is 23.9 Å². The Morgan fingerprint density at radius 2 is 2.17 bits per heavy atom. The molecule has 0 aliphatic carbocycles. The van der Waals surface area contributed by atoms with Crippen LogP contribution >= 0.6 is 0 Å². The second-order valence-corrected chi connectivity index (χ2v) is 6.39. The van der Waals surface area contributed by atoms with Crippen molar-refractivity contribution in [2.75, 3.05) is 11.9 Å². The van der Waals surface area contributed by atoms with Gasteiger partial charge in [0.05, 0.1) is 11.2 Å². The molecule has 0 aromatic heterocycles. The SMILES string of the molecule is CCC(C)C(C)(O)CNC(=O)c1cc2c(cc1F)NC(=O)CC2. The molecule has 0 bridgehead atoms. The Morgan fingerprint density at radius 3 is 2.83 bits per heavy atom. The number of anilines is 1. The molecule has 6 heteroatoms. The van der Waals surface area contributed by atoms with Gasteiger partial charge in [-0.2, -0.15) is 0 Å². The minimum absolute atomic E-state index is 0.00592. The smallest absolute Gasteiger partial charge is 0.254 e. The number of carbonyl (C=O) groups is 2. The molecule has 1 heterocycles. The highest BCUT2D eigenvalue weighted by Gasteiger charge is 2.28. The molecule has 0 saturated heterocycles. The van der Waals surface area contributed by atoms with Crippen LogP contribution in [-0.4, -0.2) is 29.1 Å². The standard InChI is InChI=1S/C17H23FN2O3/c1-4-10(2)17(3,23)9-19-16(22)12-7-11-5-6-15(21)20-14(11)8-13(12)18/h7-8,10,23H,4-6,9H2,1-3H3,(H,19,22)(H,20,21). The van der Waals surface area contributed by atoms with Crippen LogP contribution in [-0.2, 0) is 11.2 Å². The molecule has 1 aromatic rings. The summed E-state index contributed by atoms with van der Waals surface area (Å²) in [6.07, 6.45) is 1.57. The number of rotatable bonds is 5. The van der Waals surface area contributed by atoms with E-state index in [1.54, 1.807) is 6.92 Å². The Kier molecular flexibility index (Phi) is 5.04. The zero-order chi connectivity index (χ0) is 17.2. The molecule has 0 fully saturated rings. The number of benzene rings is 1. The van der Waals surface area contributed by atoms with Gasteiger partial charge >= 0.3 is 0 Å². The lowest BCUT2D eigenvalue weighted by Gasteiger charge is -2.29. The predicted octanol–water partition coefficient (Wildman–Crippen LogP) is 2.24. The molecule has 2 atom stereocenters. The first-order valence-electron chi connectivity index (χ1n) is 7.87. The van der Waals surface area contributed by atoms with Crippen LogP contribution in [0.1, 0.15) is 49.5 Å². The Morgan fingerprint density at radius 1 is 1.48 bits per heavy atom. The van der Waals surface area contributed by atoms with E-state index in [0.717, 1.165) is 12.0 Å². The first-order chi connectivity index (χ1) is 10.7. The van der Waals surface area contributed by atoms with Gasteiger partial charge in [0.25, 0.3) is 5.91 Å². The molecular formula is C17H23FN2O3. The molecule has 2 rings (SSSR count). The van der Waals surface area contributed by atoms with Crippen LogP contribution in [0.5, 0.6) is 0 Å². The van der Waals surface area contributed by atoms with Gasteiger partial charge in [-0.3, -0.25) is 9.59 Å². The van der Waals surface area contributed by atoms with E-state index in [1.807, 2.05) is 13.8 Å². The normalized spacial score (nSPS) is 17.7. The lowest BCUT2D eigenvalue weighted by molar-refractivity contribution is -0.116. The summed E-state index contributed by atoms with van der Waals surface area (Å²) in [5.41, 5.74) is 0.0369. The number of aliphatic hydroxyl groups is 1. The molecular weight excluding hydrogens is 299 g/mol. The Labute approximate surface area is 135 Å². The van der Waals surface area contributed by atoms with Crippen LogP contribution in [0.3, 0.4) is 0 Å². The van der Waals surface area contributed by atoms with Crippen LogP contribution in [0.2, 0.25) is 0 Å². The van der Waals surface area contributed by atoms with E-state index in [4.69, 9.17) is 0 Å². The summed E-state index contributed by atoms with van der Waals surface area (Å²) in [5.74, 6) is -1.40. The molecule has 3 N–H and O–H groups in total.